The number of anilines is 1. The van der Waals surface area contributed by atoms with Crippen LogP contribution in [0.4, 0.5) is 5.69 Å². The fourth-order valence-electron chi connectivity index (χ4n) is 1.60. The van der Waals surface area contributed by atoms with Crippen LogP contribution in [0.15, 0.2) is 18.2 Å². The number of carboxylic acid groups (broad SMARTS) is 1. The molecule has 0 fully saturated rings. The van der Waals surface area contributed by atoms with Crippen LogP contribution in [-0.2, 0) is 0 Å². The first-order chi connectivity index (χ1) is 8.91. The van der Waals surface area contributed by atoms with Crippen molar-refractivity contribution in [2.24, 2.45) is 0 Å². The number of rotatable bonds is 7. The first kappa shape index (κ1) is 15.8. The molecule has 1 aromatic carbocycles. The molecule has 1 rings (SSSR count). The Balaban J connectivity index is 2.44. The molecular weight excluding hydrogens is 264 g/mol. The third-order valence-corrected chi connectivity index (χ3v) is 3.41. The Hall–Kier alpha value is -1.26. The van der Waals surface area contributed by atoms with E-state index in [4.69, 9.17) is 16.7 Å². The molecule has 4 nitrogen and oxygen atoms in total. The van der Waals surface area contributed by atoms with Gasteiger partial charge in [-0.2, -0.15) is 0 Å². The number of nitrogens with one attached hydrogen (secondary N) is 1. The Morgan fingerprint density at radius 1 is 1.47 bits per heavy atom. The summed E-state index contributed by atoms with van der Waals surface area (Å²) in [5.41, 5.74) is 0.981. The Bertz CT molecular complexity index is 435. The summed E-state index contributed by atoms with van der Waals surface area (Å²) in [5, 5.41) is 12.5. The Kier molecular flexibility index (Phi) is 6.12. The summed E-state index contributed by atoms with van der Waals surface area (Å²) in [4.78, 5) is 13.1. The van der Waals surface area contributed by atoms with Gasteiger partial charge < -0.3 is 15.3 Å². The van der Waals surface area contributed by atoms with E-state index in [1.807, 2.05) is 0 Å². The summed E-state index contributed by atoms with van der Waals surface area (Å²) in [6.07, 6.45) is 1.01. The summed E-state index contributed by atoms with van der Waals surface area (Å²) >= 11 is 6.03. The number of aromatic carboxylic acids is 1. The van der Waals surface area contributed by atoms with Gasteiger partial charge in [0.05, 0.1) is 16.3 Å². The first-order valence-electron chi connectivity index (χ1n) is 6.38. The number of carboxylic acids is 1. The maximum Gasteiger partial charge on any atom is 0.335 e. The zero-order chi connectivity index (χ0) is 14.4. The van der Waals surface area contributed by atoms with Crippen LogP contribution in [0.2, 0.25) is 5.02 Å². The lowest BCUT2D eigenvalue weighted by Gasteiger charge is -2.21. The van der Waals surface area contributed by atoms with Crippen LogP contribution < -0.4 is 5.32 Å². The predicted octanol–water partition coefficient (Wildman–Crippen LogP) is 3.18. The SMILES string of the molecule is CC(C)N(C)CCCNc1ccc(C(=O)O)cc1Cl. The van der Waals surface area contributed by atoms with E-state index < -0.39 is 5.97 Å². The molecule has 5 heteroatoms. The minimum atomic E-state index is -0.966. The summed E-state index contributed by atoms with van der Waals surface area (Å²) in [7, 11) is 2.10. The van der Waals surface area contributed by atoms with Crippen LogP contribution in [-0.4, -0.2) is 42.2 Å². The van der Waals surface area contributed by atoms with E-state index in [2.05, 4.69) is 31.1 Å². The zero-order valence-electron chi connectivity index (χ0n) is 11.6. The second kappa shape index (κ2) is 7.36. The molecule has 19 heavy (non-hydrogen) atoms. The van der Waals surface area contributed by atoms with Crippen molar-refractivity contribution in [2.75, 3.05) is 25.5 Å². The van der Waals surface area contributed by atoms with Gasteiger partial charge in [-0.25, -0.2) is 4.79 Å². The highest BCUT2D eigenvalue weighted by atomic mass is 35.5. The van der Waals surface area contributed by atoms with Crippen molar-refractivity contribution in [1.29, 1.82) is 0 Å². The molecule has 0 saturated heterocycles. The largest absolute Gasteiger partial charge is 0.478 e. The standard InChI is InChI=1S/C14H21ClN2O2/c1-10(2)17(3)8-4-7-16-13-6-5-11(14(18)19)9-12(13)15/h5-6,9-10,16H,4,7-8H2,1-3H3,(H,18,19). The van der Waals surface area contributed by atoms with Gasteiger partial charge in [-0.3, -0.25) is 0 Å². The Labute approximate surface area is 119 Å². The molecule has 0 unspecified atom stereocenters. The van der Waals surface area contributed by atoms with Crippen LogP contribution in [0.1, 0.15) is 30.6 Å². The second-order valence-corrected chi connectivity index (χ2v) is 5.26. The first-order valence-corrected chi connectivity index (χ1v) is 6.76. The highest BCUT2D eigenvalue weighted by Gasteiger charge is 2.07. The van der Waals surface area contributed by atoms with Crippen molar-refractivity contribution in [3.05, 3.63) is 28.8 Å². The van der Waals surface area contributed by atoms with Crippen molar-refractivity contribution in [3.63, 3.8) is 0 Å². The van der Waals surface area contributed by atoms with Crippen molar-refractivity contribution >= 4 is 23.3 Å². The molecule has 0 amide bonds. The van der Waals surface area contributed by atoms with Crippen molar-refractivity contribution in [3.8, 4) is 0 Å². The minimum Gasteiger partial charge on any atom is -0.478 e. The van der Waals surface area contributed by atoms with Gasteiger partial charge in [0.25, 0.3) is 0 Å². The molecule has 0 radical (unpaired) electrons. The van der Waals surface area contributed by atoms with Gasteiger partial charge in [-0.05, 0) is 52.1 Å². The lowest BCUT2D eigenvalue weighted by atomic mass is 10.2. The highest BCUT2D eigenvalue weighted by molar-refractivity contribution is 6.33. The molecule has 0 aliphatic rings. The topological polar surface area (TPSA) is 52.6 Å². The lowest BCUT2D eigenvalue weighted by Crippen LogP contribution is -2.28. The highest BCUT2D eigenvalue weighted by Crippen LogP contribution is 2.23. The van der Waals surface area contributed by atoms with E-state index in [1.54, 1.807) is 12.1 Å². The summed E-state index contributed by atoms with van der Waals surface area (Å²) in [6.45, 7) is 6.14. The molecule has 0 heterocycles. The van der Waals surface area contributed by atoms with Gasteiger partial charge >= 0.3 is 5.97 Å². The third kappa shape index (κ3) is 5.09. The molecule has 0 aliphatic carbocycles. The van der Waals surface area contributed by atoms with E-state index >= 15 is 0 Å². The number of hydrogen-bond acceptors (Lipinski definition) is 3. The van der Waals surface area contributed by atoms with Gasteiger partial charge in [0.2, 0.25) is 0 Å². The number of carbonyl (C=O) groups is 1. The zero-order valence-corrected chi connectivity index (χ0v) is 12.4. The average Bonchev–Trinajstić information content (AvgIpc) is 2.35. The minimum absolute atomic E-state index is 0.204. The second-order valence-electron chi connectivity index (χ2n) is 4.85. The molecule has 0 aromatic heterocycles. The van der Waals surface area contributed by atoms with Gasteiger partial charge in [-0.1, -0.05) is 11.6 Å². The fraction of sp³-hybridized carbons (Fsp3) is 0.500. The van der Waals surface area contributed by atoms with Crippen LogP contribution in [0.3, 0.4) is 0 Å². The smallest absolute Gasteiger partial charge is 0.335 e. The van der Waals surface area contributed by atoms with Crippen molar-refractivity contribution in [1.82, 2.24) is 4.90 Å². The molecule has 0 atom stereocenters. The van der Waals surface area contributed by atoms with Gasteiger partial charge in [0.1, 0.15) is 0 Å². The fourth-order valence-corrected chi connectivity index (χ4v) is 1.85. The van der Waals surface area contributed by atoms with E-state index in [1.165, 1.54) is 6.07 Å². The third-order valence-electron chi connectivity index (χ3n) is 3.10. The average molecular weight is 285 g/mol. The Morgan fingerprint density at radius 3 is 2.68 bits per heavy atom. The summed E-state index contributed by atoms with van der Waals surface area (Å²) in [5.74, 6) is -0.966. The van der Waals surface area contributed by atoms with Crippen LogP contribution in [0.25, 0.3) is 0 Å². The molecular formula is C14H21ClN2O2. The predicted molar refractivity (Wildman–Crippen MR) is 79.3 cm³/mol. The molecule has 2 N–H and O–H groups in total. The van der Waals surface area contributed by atoms with Crippen LogP contribution in [0, 0.1) is 0 Å². The maximum atomic E-state index is 10.8. The summed E-state index contributed by atoms with van der Waals surface area (Å²) < 4.78 is 0. The van der Waals surface area contributed by atoms with Gasteiger partial charge in [0.15, 0.2) is 0 Å². The quantitative estimate of drug-likeness (QED) is 0.755. The van der Waals surface area contributed by atoms with Crippen molar-refractivity contribution in [2.45, 2.75) is 26.3 Å². The maximum absolute atomic E-state index is 10.8. The number of hydrogen-bond donors (Lipinski definition) is 2. The van der Waals surface area contributed by atoms with E-state index in [0.717, 1.165) is 25.2 Å². The lowest BCUT2D eigenvalue weighted by molar-refractivity contribution is 0.0697. The molecule has 0 bridgehead atoms. The van der Waals surface area contributed by atoms with Gasteiger partial charge in [0, 0.05) is 12.6 Å². The number of nitrogens with zero attached hydrogens (tertiary/aromatic N) is 1. The summed E-state index contributed by atoms with van der Waals surface area (Å²) in [6, 6.07) is 5.26. The molecule has 0 saturated carbocycles. The number of benzene rings is 1. The van der Waals surface area contributed by atoms with Gasteiger partial charge in [-0.15, -0.1) is 0 Å². The van der Waals surface area contributed by atoms with E-state index in [9.17, 15) is 4.79 Å². The normalized spacial score (nSPS) is 11.1. The van der Waals surface area contributed by atoms with Crippen LogP contribution >= 0.6 is 11.6 Å². The molecule has 106 valence electrons. The Morgan fingerprint density at radius 2 is 2.16 bits per heavy atom. The molecule has 0 aliphatic heterocycles. The monoisotopic (exact) mass is 284 g/mol. The number of halogens is 1. The van der Waals surface area contributed by atoms with Crippen molar-refractivity contribution < 1.29 is 9.90 Å². The van der Waals surface area contributed by atoms with E-state index in [-0.39, 0.29) is 5.56 Å². The molecule has 1 aromatic rings. The van der Waals surface area contributed by atoms with Crippen LogP contribution in [0.5, 0.6) is 0 Å². The van der Waals surface area contributed by atoms with E-state index in [0.29, 0.717) is 11.1 Å². The molecule has 0 spiro atoms.